The molecule has 3 atom stereocenters. The second-order valence-electron chi connectivity index (χ2n) is 5.23. The maximum Gasteiger partial charge on any atom is 0.169 e. The highest BCUT2D eigenvalue weighted by Crippen LogP contribution is 2.23. The first kappa shape index (κ1) is 16.2. The number of hydrogen-bond donors (Lipinski definition) is 2. The first-order valence-corrected chi connectivity index (χ1v) is 7.70. The molecule has 0 aliphatic heterocycles. The van der Waals surface area contributed by atoms with Gasteiger partial charge in [0.2, 0.25) is 0 Å². The Hall–Kier alpha value is -1.17. The molecular formula is C16H19BrFNO2. The number of nitrogens with one attached hydrogen (secondary N) is 1. The number of aliphatic hydroxyl groups excluding tert-OH is 1. The van der Waals surface area contributed by atoms with Crippen LogP contribution in [0.2, 0.25) is 0 Å². The van der Waals surface area contributed by atoms with E-state index in [1.54, 1.807) is 12.1 Å². The van der Waals surface area contributed by atoms with Crippen molar-refractivity contribution in [2.45, 2.75) is 38.5 Å². The van der Waals surface area contributed by atoms with Gasteiger partial charge in [-0.1, -0.05) is 12.1 Å². The average Bonchev–Trinajstić information content (AvgIpc) is 2.86. The van der Waals surface area contributed by atoms with Gasteiger partial charge in [0.05, 0.1) is 12.1 Å². The summed E-state index contributed by atoms with van der Waals surface area (Å²) in [6.45, 7) is 4.01. The lowest BCUT2D eigenvalue weighted by Gasteiger charge is -2.21. The van der Waals surface area contributed by atoms with Crippen molar-refractivity contribution < 1.29 is 13.9 Å². The first-order valence-electron chi connectivity index (χ1n) is 6.90. The van der Waals surface area contributed by atoms with Gasteiger partial charge in [0.25, 0.3) is 0 Å². The van der Waals surface area contributed by atoms with E-state index in [9.17, 15) is 9.50 Å². The van der Waals surface area contributed by atoms with Crippen LogP contribution < -0.4 is 5.32 Å². The number of rotatable bonds is 6. The lowest BCUT2D eigenvalue weighted by molar-refractivity contribution is 0.151. The molecule has 2 rings (SSSR count). The molecule has 0 fully saturated rings. The molecule has 0 saturated carbocycles. The third-order valence-corrected chi connectivity index (χ3v) is 3.81. The SMILES string of the molecule is C[C@H](C[C@H](O)c1ccc(F)cc1)N[C@@H](C)c1ccc(Br)o1. The molecule has 5 heteroatoms. The topological polar surface area (TPSA) is 45.4 Å². The number of aliphatic hydroxyl groups is 1. The van der Waals surface area contributed by atoms with E-state index in [4.69, 9.17) is 4.42 Å². The Morgan fingerprint density at radius 1 is 1.19 bits per heavy atom. The van der Waals surface area contributed by atoms with Crippen LogP contribution in [-0.2, 0) is 0 Å². The van der Waals surface area contributed by atoms with Crippen LogP contribution in [0.25, 0.3) is 0 Å². The Balaban J connectivity index is 1.88. The summed E-state index contributed by atoms with van der Waals surface area (Å²) in [5.41, 5.74) is 0.721. The van der Waals surface area contributed by atoms with Crippen molar-refractivity contribution in [1.82, 2.24) is 5.32 Å². The summed E-state index contributed by atoms with van der Waals surface area (Å²) < 4.78 is 19.1. The molecule has 1 aromatic heterocycles. The zero-order chi connectivity index (χ0) is 15.4. The van der Waals surface area contributed by atoms with Crippen LogP contribution >= 0.6 is 15.9 Å². The molecule has 0 amide bonds. The molecule has 2 aromatic rings. The van der Waals surface area contributed by atoms with Crippen LogP contribution in [-0.4, -0.2) is 11.1 Å². The second kappa shape index (κ2) is 7.20. The van der Waals surface area contributed by atoms with Crippen LogP contribution in [0.15, 0.2) is 45.5 Å². The quantitative estimate of drug-likeness (QED) is 0.809. The molecule has 0 radical (unpaired) electrons. The van der Waals surface area contributed by atoms with Gasteiger partial charge in [-0.15, -0.1) is 0 Å². The molecule has 0 bridgehead atoms. The highest BCUT2D eigenvalue weighted by Gasteiger charge is 2.16. The Morgan fingerprint density at radius 3 is 2.43 bits per heavy atom. The number of halogens is 2. The van der Waals surface area contributed by atoms with E-state index in [2.05, 4.69) is 21.2 Å². The predicted octanol–water partition coefficient (Wildman–Crippen LogP) is 4.34. The Bertz CT molecular complexity index is 570. The molecule has 0 aliphatic rings. The van der Waals surface area contributed by atoms with Crippen molar-refractivity contribution >= 4 is 15.9 Å². The predicted molar refractivity (Wildman–Crippen MR) is 83.4 cm³/mol. The van der Waals surface area contributed by atoms with Gasteiger partial charge in [-0.25, -0.2) is 4.39 Å². The molecule has 3 nitrogen and oxygen atoms in total. The molecule has 0 aliphatic carbocycles. The molecule has 2 N–H and O–H groups in total. The summed E-state index contributed by atoms with van der Waals surface area (Å²) in [6, 6.07) is 9.84. The summed E-state index contributed by atoms with van der Waals surface area (Å²) >= 11 is 3.28. The van der Waals surface area contributed by atoms with Gasteiger partial charge in [-0.05, 0) is 66.0 Å². The van der Waals surface area contributed by atoms with Crippen molar-refractivity contribution in [2.75, 3.05) is 0 Å². The van der Waals surface area contributed by atoms with Crippen LogP contribution in [0.1, 0.15) is 43.7 Å². The highest BCUT2D eigenvalue weighted by molar-refractivity contribution is 9.10. The smallest absolute Gasteiger partial charge is 0.169 e. The van der Waals surface area contributed by atoms with E-state index in [0.29, 0.717) is 11.1 Å². The fraction of sp³-hybridized carbons (Fsp3) is 0.375. The van der Waals surface area contributed by atoms with E-state index in [0.717, 1.165) is 11.3 Å². The number of hydrogen-bond acceptors (Lipinski definition) is 3. The van der Waals surface area contributed by atoms with E-state index >= 15 is 0 Å². The minimum absolute atomic E-state index is 0.0479. The lowest BCUT2D eigenvalue weighted by atomic mass is 10.0. The first-order chi connectivity index (χ1) is 9.95. The van der Waals surface area contributed by atoms with Gasteiger partial charge < -0.3 is 14.8 Å². The largest absolute Gasteiger partial charge is 0.453 e. The molecule has 1 heterocycles. The third-order valence-electron chi connectivity index (χ3n) is 3.39. The van der Waals surface area contributed by atoms with Gasteiger partial charge in [-0.3, -0.25) is 0 Å². The van der Waals surface area contributed by atoms with Crippen LogP contribution in [0.4, 0.5) is 4.39 Å². The van der Waals surface area contributed by atoms with E-state index in [-0.39, 0.29) is 17.9 Å². The molecule has 0 spiro atoms. The van der Waals surface area contributed by atoms with Gasteiger partial charge in [-0.2, -0.15) is 0 Å². The highest BCUT2D eigenvalue weighted by atomic mass is 79.9. The summed E-state index contributed by atoms with van der Waals surface area (Å²) in [5, 5.41) is 13.5. The van der Waals surface area contributed by atoms with Crippen LogP contribution in [0.5, 0.6) is 0 Å². The average molecular weight is 356 g/mol. The van der Waals surface area contributed by atoms with Crippen molar-refractivity contribution in [2.24, 2.45) is 0 Å². The molecule has 0 saturated heterocycles. The Kier molecular flexibility index (Phi) is 5.56. The summed E-state index contributed by atoms with van der Waals surface area (Å²) in [6.07, 6.45) is -0.0821. The van der Waals surface area contributed by atoms with E-state index < -0.39 is 6.10 Å². The summed E-state index contributed by atoms with van der Waals surface area (Å²) in [4.78, 5) is 0. The van der Waals surface area contributed by atoms with Crippen molar-refractivity contribution in [3.05, 3.63) is 58.2 Å². The monoisotopic (exact) mass is 355 g/mol. The second-order valence-corrected chi connectivity index (χ2v) is 6.02. The minimum atomic E-state index is -0.622. The zero-order valence-corrected chi connectivity index (χ0v) is 13.6. The van der Waals surface area contributed by atoms with Gasteiger partial charge >= 0.3 is 0 Å². The summed E-state index contributed by atoms with van der Waals surface area (Å²) in [7, 11) is 0. The van der Waals surface area contributed by atoms with E-state index in [1.165, 1.54) is 12.1 Å². The van der Waals surface area contributed by atoms with Crippen LogP contribution in [0.3, 0.4) is 0 Å². The molecule has 1 aromatic carbocycles. The molecule has 21 heavy (non-hydrogen) atoms. The maximum absolute atomic E-state index is 12.9. The molecule has 0 unspecified atom stereocenters. The Morgan fingerprint density at radius 2 is 1.86 bits per heavy atom. The van der Waals surface area contributed by atoms with Crippen molar-refractivity contribution in [3.8, 4) is 0 Å². The van der Waals surface area contributed by atoms with Gasteiger partial charge in [0.1, 0.15) is 11.6 Å². The zero-order valence-electron chi connectivity index (χ0n) is 12.0. The van der Waals surface area contributed by atoms with Crippen molar-refractivity contribution in [1.29, 1.82) is 0 Å². The standard InChI is InChI=1S/C16H19BrFNO2/c1-10(19-11(2)15-7-8-16(17)21-15)9-14(20)12-3-5-13(18)6-4-12/h3-8,10-11,14,19-20H,9H2,1-2H3/t10-,11+,14+/m1/s1. The number of furan rings is 1. The minimum Gasteiger partial charge on any atom is -0.453 e. The summed E-state index contributed by atoms with van der Waals surface area (Å²) in [5.74, 6) is 0.541. The van der Waals surface area contributed by atoms with Crippen molar-refractivity contribution in [3.63, 3.8) is 0 Å². The lowest BCUT2D eigenvalue weighted by Crippen LogP contribution is -2.30. The normalized spacial score (nSPS) is 15.7. The van der Waals surface area contributed by atoms with Crippen LogP contribution in [0, 0.1) is 5.82 Å². The fourth-order valence-corrected chi connectivity index (χ4v) is 2.61. The molecular weight excluding hydrogens is 337 g/mol. The third kappa shape index (κ3) is 4.66. The maximum atomic E-state index is 12.9. The Labute approximate surface area is 132 Å². The molecule has 114 valence electrons. The van der Waals surface area contributed by atoms with Gasteiger partial charge in [0.15, 0.2) is 4.67 Å². The number of benzene rings is 1. The van der Waals surface area contributed by atoms with Gasteiger partial charge in [0, 0.05) is 6.04 Å². The fourth-order valence-electron chi connectivity index (χ4n) is 2.29. The van der Waals surface area contributed by atoms with E-state index in [1.807, 2.05) is 26.0 Å².